The van der Waals surface area contributed by atoms with E-state index >= 15 is 0 Å². The third-order valence-electron chi connectivity index (χ3n) is 2.58. The number of aromatic nitrogens is 2. The summed E-state index contributed by atoms with van der Waals surface area (Å²) in [5, 5.41) is 3.85. The van der Waals surface area contributed by atoms with Gasteiger partial charge in [-0.1, -0.05) is 25.4 Å². The van der Waals surface area contributed by atoms with E-state index in [0.717, 1.165) is 23.0 Å². The Balaban J connectivity index is 2.54. The molecule has 0 radical (unpaired) electrons. The normalized spacial score (nSPS) is 11.6. The van der Waals surface area contributed by atoms with E-state index < -0.39 is 0 Å². The Kier molecular flexibility index (Phi) is 3.17. The van der Waals surface area contributed by atoms with Crippen molar-refractivity contribution in [2.24, 2.45) is 0 Å². The van der Waals surface area contributed by atoms with E-state index in [1.807, 2.05) is 17.6 Å². The molecule has 0 unspecified atom stereocenters. The molecule has 0 aromatic carbocycles. The molecule has 0 bridgehead atoms. The van der Waals surface area contributed by atoms with E-state index in [2.05, 4.69) is 36.3 Å². The minimum Gasteiger partial charge on any atom is -0.316 e. The SMILES string of the molecule is CNCc1ccn2c(Cl)c(C(C)C)nc2c1. The highest BCUT2D eigenvalue weighted by Crippen LogP contribution is 2.25. The molecule has 0 spiro atoms. The largest absolute Gasteiger partial charge is 0.316 e. The third-order valence-corrected chi connectivity index (χ3v) is 2.96. The van der Waals surface area contributed by atoms with Crippen molar-refractivity contribution in [3.8, 4) is 0 Å². The molecular formula is C12H16ClN3. The van der Waals surface area contributed by atoms with Gasteiger partial charge in [-0.15, -0.1) is 0 Å². The number of nitrogens with one attached hydrogen (secondary N) is 1. The summed E-state index contributed by atoms with van der Waals surface area (Å²) in [6.07, 6.45) is 1.98. The molecule has 2 aromatic rings. The summed E-state index contributed by atoms with van der Waals surface area (Å²) in [6.45, 7) is 5.04. The lowest BCUT2D eigenvalue weighted by Crippen LogP contribution is -2.05. The van der Waals surface area contributed by atoms with Crippen LogP contribution in [-0.4, -0.2) is 16.4 Å². The van der Waals surface area contributed by atoms with Crippen molar-refractivity contribution < 1.29 is 0 Å². The van der Waals surface area contributed by atoms with Gasteiger partial charge in [0.2, 0.25) is 0 Å². The van der Waals surface area contributed by atoms with Crippen LogP contribution in [0.3, 0.4) is 0 Å². The van der Waals surface area contributed by atoms with Crippen molar-refractivity contribution >= 4 is 17.2 Å². The summed E-state index contributed by atoms with van der Waals surface area (Å²) >= 11 is 6.27. The lowest BCUT2D eigenvalue weighted by molar-refractivity contribution is 0.816. The van der Waals surface area contributed by atoms with Crippen molar-refractivity contribution in [3.05, 3.63) is 34.7 Å². The average molecular weight is 238 g/mol. The van der Waals surface area contributed by atoms with Crippen molar-refractivity contribution in [3.63, 3.8) is 0 Å². The second-order valence-corrected chi connectivity index (χ2v) is 4.59. The summed E-state index contributed by atoms with van der Waals surface area (Å²) in [6, 6.07) is 4.12. The molecule has 3 nitrogen and oxygen atoms in total. The molecule has 0 saturated carbocycles. The maximum absolute atomic E-state index is 6.27. The molecule has 4 heteroatoms. The molecule has 1 N–H and O–H groups in total. The van der Waals surface area contributed by atoms with Crippen LogP contribution in [0.4, 0.5) is 0 Å². The Labute approximate surface area is 100 Å². The molecule has 2 rings (SSSR count). The molecule has 16 heavy (non-hydrogen) atoms. The van der Waals surface area contributed by atoms with Gasteiger partial charge in [-0.2, -0.15) is 0 Å². The topological polar surface area (TPSA) is 29.3 Å². The third kappa shape index (κ3) is 1.93. The van der Waals surface area contributed by atoms with Crippen LogP contribution in [0.25, 0.3) is 5.65 Å². The van der Waals surface area contributed by atoms with Crippen molar-refractivity contribution in [2.75, 3.05) is 7.05 Å². The lowest BCUT2D eigenvalue weighted by atomic mass is 10.2. The van der Waals surface area contributed by atoms with Crippen LogP contribution in [0.15, 0.2) is 18.3 Å². The number of imidazole rings is 1. The first-order valence-electron chi connectivity index (χ1n) is 5.44. The standard InChI is InChI=1S/C12H16ClN3/c1-8(2)11-12(13)16-5-4-9(7-14-3)6-10(16)15-11/h4-6,8,14H,7H2,1-3H3. The van der Waals surface area contributed by atoms with Crippen LogP contribution in [-0.2, 0) is 6.54 Å². The van der Waals surface area contributed by atoms with E-state index in [1.165, 1.54) is 5.56 Å². The number of hydrogen-bond acceptors (Lipinski definition) is 2. The highest BCUT2D eigenvalue weighted by molar-refractivity contribution is 6.30. The van der Waals surface area contributed by atoms with Crippen LogP contribution in [0.1, 0.15) is 31.0 Å². The number of pyridine rings is 1. The second kappa shape index (κ2) is 4.44. The van der Waals surface area contributed by atoms with Crippen LogP contribution >= 0.6 is 11.6 Å². The zero-order chi connectivity index (χ0) is 11.7. The Morgan fingerprint density at radius 2 is 2.25 bits per heavy atom. The average Bonchev–Trinajstić information content (AvgIpc) is 2.56. The maximum atomic E-state index is 6.27. The van der Waals surface area contributed by atoms with Crippen molar-refractivity contribution in [1.29, 1.82) is 0 Å². The van der Waals surface area contributed by atoms with Gasteiger partial charge in [-0.3, -0.25) is 4.40 Å². The summed E-state index contributed by atoms with van der Waals surface area (Å²) < 4.78 is 1.93. The maximum Gasteiger partial charge on any atom is 0.138 e. The first kappa shape index (κ1) is 11.4. The number of fused-ring (bicyclic) bond motifs is 1. The highest BCUT2D eigenvalue weighted by atomic mass is 35.5. The van der Waals surface area contributed by atoms with E-state index in [4.69, 9.17) is 11.6 Å². The molecule has 2 aromatic heterocycles. The molecule has 0 aliphatic heterocycles. The number of nitrogens with zero attached hydrogens (tertiary/aromatic N) is 2. The zero-order valence-corrected chi connectivity index (χ0v) is 10.5. The summed E-state index contributed by atoms with van der Waals surface area (Å²) in [4.78, 5) is 4.56. The molecule has 0 saturated heterocycles. The molecule has 0 fully saturated rings. The van der Waals surface area contributed by atoms with E-state index in [0.29, 0.717) is 5.92 Å². The van der Waals surface area contributed by atoms with Crippen LogP contribution in [0, 0.1) is 0 Å². The number of halogens is 1. The van der Waals surface area contributed by atoms with E-state index in [9.17, 15) is 0 Å². The minimum atomic E-state index is 0.347. The van der Waals surface area contributed by atoms with Crippen molar-refractivity contribution in [1.82, 2.24) is 14.7 Å². The predicted molar refractivity (Wildman–Crippen MR) is 67.1 cm³/mol. The van der Waals surface area contributed by atoms with Crippen LogP contribution in [0.2, 0.25) is 5.15 Å². The van der Waals surface area contributed by atoms with E-state index in [1.54, 1.807) is 0 Å². The van der Waals surface area contributed by atoms with Crippen LogP contribution < -0.4 is 5.32 Å². The molecule has 2 heterocycles. The summed E-state index contributed by atoms with van der Waals surface area (Å²) in [5.74, 6) is 0.347. The van der Waals surface area contributed by atoms with Gasteiger partial charge in [-0.05, 0) is 30.7 Å². The fourth-order valence-electron chi connectivity index (χ4n) is 1.76. The van der Waals surface area contributed by atoms with E-state index in [-0.39, 0.29) is 0 Å². The Hall–Kier alpha value is -1.06. The van der Waals surface area contributed by atoms with Gasteiger partial charge in [0, 0.05) is 12.7 Å². The molecular weight excluding hydrogens is 222 g/mol. The fourth-order valence-corrected chi connectivity index (χ4v) is 2.16. The molecule has 0 atom stereocenters. The number of rotatable bonds is 3. The molecule has 0 aliphatic carbocycles. The van der Waals surface area contributed by atoms with Gasteiger partial charge >= 0.3 is 0 Å². The van der Waals surface area contributed by atoms with Gasteiger partial charge in [0.15, 0.2) is 0 Å². The quantitative estimate of drug-likeness (QED) is 0.890. The molecule has 0 aliphatic rings. The van der Waals surface area contributed by atoms with Crippen molar-refractivity contribution in [2.45, 2.75) is 26.3 Å². The Morgan fingerprint density at radius 1 is 1.50 bits per heavy atom. The first-order valence-corrected chi connectivity index (χ1v) is 5.82. The van der Waals surface area contributed by atoms with Gasteiger partial charge in [0.25, 0.3) is 0 Å². The molecule has 0 amide bonds. The smallest absolute Gasteiger partial charge is 0.138 e. The van der Waals surface area contributed by atoms with Gasteiger partial charge in [0.05, 0.1) is 5.69 Å². The zero-order valence-electron chi connectivity index (χ0n) is 9.79. The first-order chi connectivity index (χ1) is 7.63. The minimum absolute atomic E-state index is 0.347. The Bertz CT molecular complexity index is 502. The Morgan fingerprint density at radius 3 is 2.88 bits per heavy atom. The second-order valence-electron chi connectivity index (χ2n) is 4.24. The van der Waals surface area contributed by atoms with Gasteiger partial charge in [-0.25, -0.2) is 4.98 Å². The fraction of sp³-hybridized carbons (Fsp3) is 0.417. The van der Waals surface area contributed by atoms with Gasteiger partial charge < -0.3 is 5.32 Å². The number of hydrogen-bond donors (Lipinski definition) is 1. The van der Waals surface area contributed by atoms with Gasteiger partial charge in [0.1, 0.15) is 10.8 Å². The molecule has 86 valence electrons. The monoisotopic (exact) mass is 237 g/mol. The summed E-state index contributed by atoms with van der Waals surface area (Å²) in [7, 11) is 1.93. The highest BCUT2D eigenvalue weighted by Gasteiger charge is 2.12. The lowest BCUT2D eigenvalue weighted by Gasteiger charge is -2.01. The summed E-state index contributed by atoms with van der Waals surface area (Å²) in [5.41, 5.74) is 3.09. The van der Waals surface area contributed by atoms with Crippen LogP contribution in [0.5, 0.6) is 0 Å². The predicted octanol–water partition coefficient (Wildman–Crippen LogP) is 2.83.